The van der Waals surface area contributed by atoms with Gasteiger partial charge in [0.25, 0.3) is 0 Å². The monoisotopic (exact) mass is 164 g/mol. The van der Waals surface area contributed by atoms with Gasteiger partial charge >= 0.3 is 0 Å². The molecule has 3 rings (SSSR count). The van der Waals surface area contributed by atoms with E-state index in [2.05, 4.69) is 0 Å². The van der Waals surface area contributed by atoms with Crippen molar-refractivity contribution in [3.05, 3.63) is 0 Å². The fourth-order valence-corrected chi connectivity index (χ4v) is 3.92. The maximum atomic E-state index is 11.0. The third-order valence-corrected chi connectivity index (χ3v) is 4.61. The number of aldehydes is 1. The lowest BCUT2D eigenvalue weighted by Crippen LogP contribution is -2.24. The summed E-state index contributed by atoms with van der Waals surface area (Å²) >= 11 is 0. The van der Waals surface area contributed by atoms with Crippen LogP contribution in [0.1, 0.15) is 38.5 Å². The van der Waals surface area contributed by atoms with E-state index >= 15 is 0 Å². The van der Waals surface area contributed by atoms with Gasteiger partial charge < -0.3 is 4.79 Å². The first-order valence-electron chi connectivity index (χ1n) is 5.33. The van der Waals surface area contributed by atoms with E-state index < -0.39 is 0 Å². The molecule has 4 atom stereocenters. The van der Waals surface area contributed by atoms with E-state index in [1.54, 1.807) is 0 Å². The molecule has 0 amide bonds. The highest BCUT2D eigenvalue weighted by Gasteiger charge is 2.65. The summed E-state index contributed by atoms with van der Waals surface area (Å²) in [5, 5.41) is 0. The summed E-state index contributed by atoms with van der Waals surface area (Å²) in [4.78, 5) is 11.0. The Balaban J connectivity index is 1.88. The zero-order chi connectivity index (χ0) is 8.18. The third kappa shape index (κ3) is 0.681. The first-order valence-corrected chi connectivity index (χ1v) is 5.33. The number of hydrogen-bond acceptors (Lipinski definition) is 1. The lowest BCUT2D eigenvalue weighted by atomic mass is 9.74. The van der Waals surface area contributed by atoms with E-state index in [1.807, 2.05) is 0 Å². The van der Waals surface area contributed by atoms with Crippen molar-refractivity contribution in [1.29, 1.82) is 0 Å². The lowest BCUT2D eigenvalue weighted by molar-refractivity contribution is -0.114. The van der Waals surface area contributed by atoms with Crippen LogP contribution >= 0.6 is 0 Å². The normalized spacial score (nSPS) is 55.8. The summed E-state index contributed by atoms with van der Waals surface area (Å²) in [7, 11) is 0. The Morgan fingerprint density at radius 2 is 2.08 bits per heavy atom. The van der Waals surface area contributed by atoms with Crippen LogP contribution in [0, 0.1) is 23.2 Å². The van der Waals surface area contributed by atoms with Crippen LogP contribution in [0.4, 0.5) is 0 Å². The summed E-state index contributed by atoms with van der Waals surface area (Å²) in [6, 6.07) is 0. The van der Waals surface area contributed by atoms with Gasteiger partial charge in [-0.15, -0.1) is 0 Å². The van der Waals surface area contributed by atoms with E-state index in [1.165, 1.54) is 44.8 Å². The molecule has 3 saturated carbocycles. The van der Waals surface area contributed by atoms with Crippen molar-refractivity contribution in [3.8, 4) is 0 Å². The number of carbonyl (C=O) groups excluding carboxylic acids is 1. The Kier molecular flexibility index (Phi) is 1.26. The largest absolute Gasteiger partial charge is 0.303 e. The molecule has 1 heteroatoms. The van der Waals surface area contributed by atoms with Crippen LogP contribution in [0.25, 0.3) is 0 Å². The summed E-state index contributed by atoms with van der Waals surface area (Å²) in [6.07, 6.45) is 9.47. The summed E-state index contributed by atoms with van der Waals surface area (Å²) in [5.41, 5.74) is 0.213. The van der Waals surface area contributed by atoms with Crippen LogP contribution in [-0.4, -0.2) is 6.29 Å². The van der Waals surface area contributed by atoms with Gasteiger partial charge in [0.2, 0.25) is 0 Å². The van der Waals surface area contributed by atoms with Crippen molar-refractivity contribution in [2.24, 2.45) is 23.2 Å². The Hall–Kier alpha value is -0.330. The molecule has 3 aliphatic carbocycles. The number of carbonyl (C=O) groups is 1. The Morgan fingerprint density at radius 3 is 2.92 bits per heavy atom. The highest BCUT2D eigenvalue weighted by Crippen LogP contribution is 2.70. The van der Waals surface area contributed by atoms with E-state index in [4.69, 9.17) is 0 Å². The average molecular weight is 164 g/mol. The van der Waals surface area contributed by atoms with Gasteiger partial charge in [0.1, 0.15) is 6.29 Å². The molecule has 0 aromatic carbocycles. The number of fused-ring (bicyclic) bond motifs is 3. The van der Waals surface area contributed by atoms with E-state index in [0.29, 0.717) is 0 Å². The molecule has 0 saturated heterocycles. The van der Waals surface area contributed by atoms with Gasteiger partial charge in [-0.05, 0) is 37.0 Å². The van der Waals surface area contributed by atoms with Gasteiger partial charge in [-0.1, -0.05) is 19.3 Å². The first kappa shape index (κ1) is 7.11. The zero-order valence-electron chi connectivity index (χ0n) is 7.46. The molecule has 0 N–H and O–H groups in total. The smallest absolute Gasteiger partial charge is 0.126 e. The summed E-state index contributed by atoms with van der Waals surface area (Å²) in [6.45, 7) is 0. The van der Waals surface area contributed by atoms with Crippen molar-refractivity contribution >= 4 is 6.29 Å². The molecule has 0 heterocycles. The van der Waals surface area contributed by atoms with Crippen molar-refractivity contribution in [2.75, 3.05) is 0 Å². The highest BCUT2D eigenvalue weighted by molar-refractivity contribution is 5.66. The Morgan fingerprint density at radius 1 is 1.25 bits per heavy atom. The predicted octanol–water partition coefficient (Wildman–Crippen LogP) is 2.40. The van der Waals surface area contributed by atoms with Gasteiger partial charge in [0.15, 0.2) is 0 Å². The number of hydrogen-bond donors (Lipinski definition) is 0. The molecule has 0 bridgehead atoms. The van der Waals surface area contributed by atoms with Crippen molar-refractivity contribution < 1.29 is 4.79 Å². The van der Waals surface area contributed by atoms with E-state index in [9.17, 15) is 4.79 Å². The predicted molar refractivity (Wildman–Crippen MR) is 46.7 cm³/mol. The number of rotatable bonds is 1. The molecule has 12 heavy (non-hydrogen) atoms. The van der Waals surface area contributed by atoms with Crippen molar-refractivity contribution in [2.45, 2.75) is 38.5 Å². The molecular weight excluding hydrogens is 148 g/mol. The second-order valence-electron chi connectivity index (χ2n) is 5.02. The topological polar surface area (TPSA) is 17.1 Å². The van der Waals surface area contributed by atoms with Crippen LogP contribution < -0.4 is 0 Å². The fourth-order valence-electron chi connectivity index (χ4n) is 3.92. The molecule has 0 aromatic heterocycles. The second-order valence-corrected chi connectivity index (χ2v) is 5.02. The minimum absolute atomic E-state index is 0.213. The van der Waals surface area contributed by atoms with Gasteiger partial charge in [0.05, 0.1) is 0 Å². The first-order chi connectivity index (χ1) is 5.87. The molecule has 66 valence electrons. The van der Waals surface area contributed by atoms with Crippen LogP contribution in [0.3, 0.4) is 0 Å². The minimum Gasteiger partial charge on any atom is -0.303 e. The molecule has 0 spiro atoms. The molecule has 0 aliphatic heterocycles. The fraction of sp³-hybridized carbons (Fsp3) is 0.909. The molecule has 4 unspecified atom stereocenters. The molecule has 3 fully saturated rings. The van der Waals surface area contributed by atoms with E-state index in [0.717, 1.165) is 17.8 Å². The molecule has 0 radical (unpaired) electrons. The highest BCUT2D eigenvalue weighted by atomic mass is 16.1. The quantitative estimate of drug-likeness (QED) is 0.544. The maximum Gasteiger partial charge on any atom is 0.126 e. The molecule has 3 aliphatic rings. The van der Waals surface area contributed by atoms with Gasteiger partial charge in [-0.25, -0.2) is 0 Å². The van der Waals surface area contributed by atoms with E-state index in [-0.39, 0.29) is 5.41 Å². The average Bonchev–Trinajstić information content (AvgIpc) is 2.75. The van der Waals surface area contributed by atoms with Crippen LogP contribution in [0.5, 0.6) is 0 Å². The Bertz CT molecular complexity index is 223. The second kappa shape index (κ2) is 2.12. The van der Waals surface area contributed by atoms with Crippen LogP contribution in [-0.2, 0) is 4.79 Å². The van der Waals surface area contributed by atoms with Crippen LogP contribution in [0.15, 0.2) is 0 Å². The SMILES string of the molecule is O=CC12CC1CC1CCCCC12. The molecular formula is C11H16O. The van der Waals surface area contributed by atoms with Gasteiger partial charge in [-0.2, -0.15) is 0 Å². The van der Waals surface area contributed by atoms with Gasteiger partial charge in [-0.3, -0.25) is 0 Å². The summed E-state index contributed by atoms with van der Waals surface area (Å²) < 4.78 is 0. The third-order valence-electron chi connectivity index (χ3n) is 4.61. The maximum absolute atomic E-state index is 11.0. The van der Waals surface area contributed by atoms with Crippen molar-refractivity contribution in [1.82, 2.24) is 0 Å². The summed E-state index contributed by atoms with van der Waals surface area (Å²) in [5.74, 6) is 2.54. The lowest BCUT2D eigenvalue weighted by Gasteiger charge is -2.30. The molecule has 1 nitrogen and oxygen atoms in total. The zero-order valence-corrected chi connectivity index (χ0v) is 7.46. The van der Waals surface area contributed by atoms with Crippen molar-refractivity contribution in [3.63, 3.8) is 0 Å². The minimum atomic E-state index is 0.213. The van der Waals surface area contributed by atoms with Gasteiger partial charge in [0, 0.05) is 5.41 Å². The standard InChI is InChI=1S/C11H16O/c12-7-11-6-9(11)5-8-3-1-2-4-10(8)11/h7-10H,1-6H2. The Labute approximate surface area is 73.5 Å². The van der Waals surface area contributed by atoms with Crippen LogP contribution in [0.2, 0.25) is 0 Å². The molecule has 0 aromatic rings.